The SMILES string of the molecule is CC(C)(C)CCNC(=O)CCOCCOCCOCCOCCOCCOCCOCCOCCN1C(=O)C=CC1=O. The minimum Gasteiger partial charge on any atom is -0.379 e. The molecule has 0 saturated carbocycles. The van der Waals surface area contributed by atoms with Crippen LogP contribution >= 0.6 is 0 Å². The van der Waals surface area contributed by atoms with E-state index in [2.05, 4.69) is 26.1 Å². The van der Waals surface area contributed by atoms with Crippen molar-refractivity contribution in [2.45, 2.75) is 33.6 Å². The van der Waals surface area contributed by atoms with Crippen molar-refractivity contribution >= 4 is 17.7 Å². The molecule has 0 aromatic carbocycles. The van der Waals surface area contributed by atoms with Crippen molar-refractivity contribution in [3.8, 4) is 0 Å². The normalized spacial score (nSPS) is 13.5. The van der Waals surface area contributed by atoms with E-state index in [1.807, 2.05) is 0 Å². The van der Waals surface area contributed by atoms with Crippen LogP contribution in [0.5, 0.6) is 0 Å². The number of amides is 3. The van der Waals surface area contributed by atoms with E-state index in [1.165, 1.54) is 12.2 Å². The van der Waals surface area contributed by atoms with Crippen molar-refractivity contribution in [2.75, 3.05) is 119 Å². The van der Waals surface area contributed by atoms with Gasteiger partial charge in [0.05, 0.1) is 112 Å². The Bertz CT molecular complexity index is 726. The molecule has 3 amide bonds. The number of ether oxygens (including phenoxy) is 8. The molecule has 13 nitrogen and oxygen atoms in total. The van der Waals surface area contributed by atoms with Crippen molar-refractivity contribution in [1.82, 2.24) is 10.2 Å². The van der Waals surface area contributed by atoms with Gasteiger partial charge in [0.2, 0.25) is 5.91 Å². The average molecular weight is 605 g/mol. The fourth-order valence-electron chi connectivity index (χ4n) is 3.28. The highest BCUT2D eigenvalue weighted by Gasteiger charge is 2.22. The Kier molecular flexibility index (Phi) is 23.1. The highest BCUT2D eigenvalue weighted by atomic mass is 16.6. The molecular weight excluding hydrogens is 552 g/mol. The number of carbonyl (C=O) groups is 3. The lowest BCUT2D eigenvalue weighted by Crippen LogP contribution is -2.33. The van der Waals surface area contributed by atoms with Gasteiger partial charge in [-0.3, -0.25) is 19.3 Å². The maximum atomic E-state index is 11.7. The zero-order valence-electron chi connectivity index (χ0n) is 25.7. The van der Waals surface area contributed by atoms with Gasteiger partial charge < -0.3 is 43.2 Å². The van der Waals surface area contributed by atoms with Crippen LogP contribution in [0.4, 0.5) is 0 Å². The molecule has 0 unspecified atom stereocenters. The quantitative estimate of drug-likeness (QED) is 0.0965. The van der Waals surface area contributed by atoms with Gasteiger partial charge in [-0.15, -0.1) is 0 Å². The van der Waals surface area contributed by atoms with Crippen LogP contribution < -0.4 is 5.32 Å². The molecule has 0 radical (unpaired) electrons. The molecule has 42 heavy (non-hydrogen) atoms. The number of imide groups is 1. The number of hydrogen-bond acceptors (Lipinski definition) is 11. The number of nitrogens with one attached hydrogen (secondary N) is 1. The monoisotopic (exact) mass is 604 g/mol. The molecule has 0 atom stereocenters. The Morgan fingerprint density at radius 2 is 0.929 bits per heavy atom. The highest BCUT2D eigenvalue weighted by Crippen LogP contribution is 2.16. The van der Waals surface area contributed by atoms with Gasteiger partial charge in [0, 0.05) is 25.1 Å². The summed E-state index contributed by atoms with van der Waals surface area (Å²) in [6.45, 7) is 14.4. The predicted octanol–water partition coefficient (Wildman–Crippen LogP) is 0.987. The molecule has 1 rings (SSSR count). The third-order valence-electron chi connectivity index (χ3n) is 5.63. The number of rotatable bonds is 29. The van der Waals surface area contributed by atoms with Gasteiger partial charge in [0.25, 0.3) is 11.8 Å². The van der Waals surface area contributed by atoms with Crippen molar-refractivity contribution in [3.05, 3.63) is 12.2 Å². The average Bonchev–Trinajstić information content (AvgIpc) is 3.26. The Morgan fingerprint density at radius 1 is 0.595 bits per heavy atom. The number of nitrogens with zero attached hydrogens (tertiary/aromatic N) is 1. The number of carbonyl (C=O) groups excluding carboxylic acids is 3. The van der Waals surface area contributed by atoms with Crippen LogP contribution in [-0.4, -0.2) is 141 Å². The molecule has 0 spiro atoms. The Balaban J connectivity index is 1.67. The summed E-state index contributed by atoms with van der Waals surface area (Å²) in [5.41, 5.74) is 0.214. The van der Waals surface area contributed by atoms with E-state index in [1.54, 1.807) is 0 Å². The lowest BCUT2D eigenvalue weighted by molar-refractivity contribution is -0.137. The van der Waals surface area contributed by atoms with Crippen LogP contribution in [-0.2, 0) is 52.3 Å². The second-order valence-electron chi connectivity index (χ2n) is 10.5. The second kappa shape index (κ2) is 25.5. The Hall–Kier alpha value is -1.97. The van der Waals surface area contributed by atoms with Gasteiger partial charge in [-0.2, -0.15) is 0 Å². The Morgan fingerprint density at radius 3 is 1.29 bits per heavy atom. The molecule has 0 bridgehead atoms. The van der Waals surface area contributed by atoms with E-state index in [-0.39, 0.29) is 36.3 Å². The van der Waals surface area contributed by atoms with Crippen LogP contribution in [0.15, 0.2) is 12.2 Å². The summed E-state index contributed by atoms with van der Waals surface area (Å²) in [5, 5.41) is 2.90. The zero-order valence-corrected chi connectivity index (χ0v) is 25.7. The Labute approximate surface area is 250 Å². The van der Waals surface area contributed by atoms with Crippen LogP contribution in [0.2, 0.25) is 0 Å². The van der Waals surface area contributed by atoms with E-state index < -0.39 is 0 Å². The minimum atomic E-state index is -0.307. The van der Waals surface area contributed by atoms with E-state index >= 15 is 0 Å². The molecule has 244 valence electrons. The van der Waals surface area contributed by atoms with Crippen LogP contribution in [0, 0.1) is 5.41 Å². The van der Waals surface area contributed by atoms with Gasteiger partial charge in [0.15, 0.2) is 0 Å². The van der Waals surface area contributed by atoms with Gasteiger partial charge in [0.1, 0.15) is 0 Å². The molecule has 1 heterocycles. The van der Waals surface area contributed by atoms with E-state index in [9.17, 15) is 14.4 Å². The minimum absolute atomic E-state index is 0.0129. The molecule has 1 aliphatic rings. The third-order valence-corrected chi connectivity index (χ3v) is 5.63. The first-order valence-electron chi connectivity index (χ1n) is 14.7. The van der Waals surface area contributed by atoms with E-state index in [4.69, 9.17) is 37.9 Å². The maximum absolute atomic E-state index is 11.7. The van der Waals surface area contributed by atoms with Crippen molar-refractivity contribution < 1.29 is 52.3 Å². The number of hydrogen-bond donors (Lipinski definition) is 1. The smallest absolute Gasteiger partial charge is 0.253 e. The molecule has 0 saturated heterocycles. The first kappa shape index (κ1) is 38.1. The summed E-state index contributed by atoms with van der Waals surface area (Å²) in [4.78, 5) is 35.6. The first-order valence-corrected chi connectivity index (χ1v) is 14.7. The van der Waals surface area contributed by atoms with Crippen LogP contribution in [0.1, 0.15) is 33.6 Å². The lowest BCUT2D eigenvalue weighted by atomic mass is 9.92. The third kappa shape index (κ3) is 23.6. The van der Waals surface area contributed by atoms with Crippen LogP contribution in [0.3, 0.4) is 0 Å². The summed E-state index contributed by atoms with van der Waals surface area (Å²) in [6.07, 6.45) is 3.81. The van der Waals surface area contributed by atoms with Gasteiger partial charge in [-0.1, -0.05) is 20.8 Å². The fraction of sp³-hybridized carbons (Fsp3) is 0.828. The summed E-state index contributed by atoms with van der Waals surface area (Å²) < 4.78 is 43.4. The maximum Gasteiger partial charge on any atom is 0.253 e. The van der Waals surface area contributed by atoms with E-state index in [0.717, 1.165) is 11.3 Å². The standard InChI is InChI=1S/C29H52N2O11/c1-29(2,3)7-8-30-26(32)6-10-35-12-14-37-16-18-39-20-22-41-24-25-42-23-21-40-19-17-38-15-13-36-11-9-31-27(33)4-5-28(31)34/h4-5H,6-25H2,1-3H3,(H,30,32). The predicted molar refractivity (Wildman–Crippen MR) is 154 cm³/mol. The molecule has 0 fully saturated rings. The van der Waals surface area contributed by atoms with E-state index in [0.29, 0.717) is 112 Å². The largest absolute Gasteiger partial charge is 0.379 e. The van der Waals surface area contributed by atoms with Crippen molar-refractivity contribution in [1.29, 1.82) is 0 Å². The summed E-state index contributed by atoms with van der Waals surface area (Å²) in [6, 6.07) is 0. The first-order chi connectivity index (χ1) is 20.3. The molecule has 0 aromatic heterocycles. The lowest BCUT2D eigenvalue weighted by Gasteiger charge is -2.17. The fourth-order valence-corrected chi connectivity index (χ4v) is 3.28. The molecule has 13 heteroatoms. The molecule has 0 aliphatic carbocycles. The molecule has 1 aliphatic heterocycles. The second-order valence-corrected chi connectivity index (χ2v) is 10.5. The van der Waals surface area contributed by atoms with Gasteiger partial charge in [-0.25, -0.2) is 0 Å². The topological polar surface area (TPSA) is 140 Å². The zero-order chi connectivity index (χ0) is 30.7. The molecule has 1 N–H and O–H groups in total. The van der Waals surface area contributed by atoms with Crippen molar-refractivity contribution in [3.63, 3.8) is 0 Å². The summed E-state index contributed by atoms with van der Waals surface area (Å²) >= 11 is 0. The van der Waals surface area contributed by atoms with Crippen molar-refractivity contribution in [2.24, 2.45) is 5.41 Å². The molecular formula is C29H52N2O11. The summed E-state index contributed by atoms with van der Waals surface area (Å²) in [5.74, 6) is -0.602. The molecule has 0 aromatic rings. The highest BCUT2D eigenvalue weighted by molar-refractivity contribution is 6.12. The van der Waals surface area contributed by atoms with Crippen LogP contribution in [0.25, 0.3) is 0 Å². The van der Waals surface area contributed by atoms with Gasteiger partial charge >= 0.3 is 0 Å². The summed E-state index contributed by atoms with van der Waals surface area (Å²) in [7, 11) is 0. The van der Waals surface area contributed by atoms with Gasteiger partial charge in [-0.05, 0) is 11.8 Å².